The van der Waals surface area contributed by atoms with Crippen LogP contribution in [0.1, 0.15) is 66.2 Å². The molecule has 6 heteroatoms. The van der Waals surface area contributed by atoms with Crippen LogP contribution < -0.4 is 5.32 Å². The lowest BCUT2D eigenvalue weighted by Gasteiger charge is -2.52. The number of morpholine rings is 1. The van der Waals surface area contributed by atoms with Crippen molar-refractivity contribution in [1.29, 1.82) is 0 Å². The van der Waals surface area contributed by atoms with Gasteiger partial charge < -0.3 is 15.0 Å². The molecule has 6 nitrogen and oxygen atoms in total. The number of amides is 2. The molecule has 2 atom stereocenters. The fraction of sp³-hybridized carbons (Fsp3) is 0.667. The van der Waals surface area contributed by atoms with E-state index in [0.717, 1.165) is 52.2 Å². The van der Waals surface area contributed by atoms with Gasteiger partial charge >= 0.3 is 0 Å². The molecule has 2 amide bonds. The van der Waals surface area contributed by atoms with Gasteiger partial charge in [0.25, 0.3) is 11.8 Å². The van der Waals surface area contributed by atoms with Crippen LogP contribution >= 0.6 is 0 Å². The highest BCUT2D eigenvalue weighted by Gasteiger charge is 2.45. The minimum atomic E-state index is -0.0838. The van der Waals surface area contributed by atoms with E-state index in [1.807, 2.05) is 12.1 Å². The second kappa shape index (κ2) is 9.48. The predicted molar refractivity (Wildman–Crippen MR) is 117 cm³/mol. The van der Waals surface area contributed by atoms with Gasteiger partial charge in [0.05, 0.1) is 13.2 Å². The van der Waals surface area contributed by atoms with E-state index in [4.69, 9.17) is 4.74 Å². The topological polar surface area (TPSA) is 61.9 Å². The number of piperidine rings is 1. The third-order valence-corrected chi connectivity index (χ3v) is 7.37. The standard InChI is InChI=1S/C24H35N3O3/c1-24-11-3-2-5-21(24)6-4-13-27(24)23(29)20-9-7-19(8-10-20)22(28)25-12-14-26-15-17-30-18-16-26/h7-10,21H,2-6,11-18H2,1H3,(H,25,28). The minimum Gasteiger partial charge on any atom is -0.379 e. The van der Waals surface area contributed by atoms with Crippen molar-refractivity contribution in [3.63, 3.8) is 0 Å². The molecule has 3 aliphatic rings. The van der Waals surface area contributed by atoms with E-state index in [1.165, 1.54) is 25.7 Å². The molecule has 0 bridgehead atoms. The third-order valence-electron chi connectivity index (χ3n) is 7.37. The molecule has 2 heterocycles. The highest BCUT2D eigenvalue weighted by Crippen LogP contribution is 2.44. The van der Waals surface area contributed by atoms with Crippen LogP contribution in [-0.2, 0) is 4.74 Å². The number of nitrogens with zero attached hydrogens (tertiary/aromatic N) is 2. The Labute approximate surface area is 179 Å². The Morgan fingerprint density at radius 1 is 1.03 bits per heavy atom. The predicted octanol–water partition coefficient (Wildman–Crippen LogP) is 2.93. The van der Waals surface area contributed by atoms with Crippen LogP contribution in [0, 0.1) is 5.92 Å². The summed E-state index contributed by atoms with van der Waals surface area (Å²) in [4.78, 5) is 30.2. The van der Waals surface area contributed by atoms with Crippen molar-refractivity contribution in [3.05, 3.63) is 35.4 Å². The Bertz CT molecular complexity index is 743. The zero-order valence-corrected chi connectivity index (χ0v) is 18.2. The molecule has 3 fully saturated rings. The molecule has 0 aromatic heterocycles. The van der Waals surface area contributed by atoms with Crippen molar-refractivity contribution in [1.82, 2.24) is 15.1 Å². The third kappa shape index (κ3) is 4.54. The van der Waals surface area contributed by atoms with Gasteiger partial charge in [0, 0.05) is 49.4 Å². The van der Waals surface area contributed by atoms with E-state index < -0.39 is 0 Å². The minimum absolute atomic E-state index is 0.0108. The van der Waals surface area contributed by atoms with Gasteiger partial charge in [-0.2, -0.15) is 0 Å². The monoisotopic (exact) mass is 413 g/mol. The lowest BCUT2D eigenvalue weighted by Crippen LogP contribution is -2.58. The molecule has 2 aliphatic heterocycles. The first-order valence-corrected chi connectivity index (χ1v) is 11.6. The molecule has 1 aromatic rings. The quantitative estimate of drug-likeness (QED) is 0.806. The van der Waals surface area contributed by atoms with Gasteiger partial charge in [0.2, 0.25) is 0 Å². The van der Waals surface area contributed by atoms with Gasteiger partial charge in [0.15, 0.2) is 0 Å². The van der Waals surface area contributed by atoms with E-state index in [0.29, 0.717) is 23.6 Å². The van der Waals surface area contributed by atoms with Gasteiger partial charge in [-0.25, -0.2) is 0 Å². The van der Waals surface area contributed by atoms with Crippen LogP contribution in [0.2, 0.25) is 0 Å². The largest absolute Gasteiger partial charge is 0.379 e. The summed E-state index contributed by atoms with van der Waals surface area (Å²) in [6, 6.07) is 7.19. The van der Waals surface area contributed by atoms with E-state index >= 15 is 0 Å². The van der Waals surface area contributed by atoms with Crippen molar-refractivity contribution >= 4 is 11.8 Å². The van der Waals surface area contributed by atoms with Crippen molar-refractivity contribution in [2.75, 3.05) is 45.9 Å². The highest BCUT2D eigenvalue weighted by molar-refractivity contribution is 5.98. The number of hydrogen-bond donors (Lipinski definition) is 1. The number of carbonyl (C=O) groups excluding carboxylic acids is 2. The Hall–Kier alpha value is -1.92. The maximum Gasteiger partial charge on any atom is 0.254 e. The van der Waals surface area contributed by atoms with Crippen LogP contribution in [0.4, 0.5) is 0 Å². The van der Waals surface area contributed by atoms with E-state index in [9.17, 15) is 9.59 Å². The zero-order valence-electron chi connectivity index (χ0n) is 18.2. The molecule has 1 aromatic carbocycles. The number of rotatable bonds is 5. The molecular weight excluding hydrogens is 378 g/mol. The fourth-order valence-electron chi connectivity index (χ4n) is 5.46. The first-order chi connectivity index (χ1) is 14.6. The Balaban J connectivity index is 1.34. The molecule has 1 saturated carbocycles. The number of ether oxygens (including phenoxy) is 1. The number of likely N-dealkylation sites (tertiary alicyclic amines) is 1. The Morgan fingerprint density at radius 3 is 2.50 bits per heavy atom. The smallest absolute Gasteiger partial charge is 0.254 e. The van der Waals surface area contributed by atoms with E-state index in [-0.39, 0.29) is 17.4 Å². The Morgan fingerprint density at radius 2 is 1.73 bits per heavy atom. The van der Waals surface area contributed by atoms with Crippen molar-refractivity contribution in [3.8, 4) is 0 Å². The number of carbonyl (C=O) groups is 2. The second-order valence-corrected chi connectivity index (χ2v) is 9.19. The number of nitrogens with one attached hydrogen (secondary N) is 1. The normalized spacial score (nSPS) is 27.4. The molecule has 1 aliphatic carbocycles. The molecule has 2 unspecified atom stereocenters. The Kier molecular flexibility index (Phi) is 6.74. The second-order valence-electron chi connectivity index (χ2n) is 9.19. The maximum absolute atomic E-state index is 13.3. The summed E-state index contributed by atoms with van der Waals surface area (Å²) in [7, 11) is 0. The molecule has 1 N–H and O–H groups in total. The average Bonchev–Trinajstić information content (AvgIpc) is 2.78. The molecule has 2 saturated heterocycles. The zero-order chi connectivity index (χ0) is 21.0. The fourth-order valence-corrected chi connectivity index (χ4v) is 5.46. The molecular formula is C24H35N3O3. The SMILES string of the molecule is CC12CCCCC1CCCN2C(=O)c1ccc(C(=O)NCCN2CCOCC2)cc1. The first-order valence-electron chi connectivity index (χ1n) is 11.6. The first kappa shape index (κ1) is 21.3. The molecule has 4 rings (SSSR count). The lowest BCUT2D eigenvalue weighted by molar-refractivity contribution is -0.00971. The van der Waals surface area contributed by atoms with Gasteiger partial charge in [0.1, 0.15) is 0 Å². The summed E-state index contributed by atoms with van der Waals surface area (Å²) in [5.74, 6) is 0.656. The van der Waals surface area contributed by atoms with Crippen molar-refractivity contribution in [2.24, 2.45) is 5.92 Å². The van der Waals surface area contributed by atoms with Gasteiger partial charge in [-0.1, -0.05) is 12.8 Å². The number of benzene rings is 1. The highest BCUT2D eigenvalue weighted by atomic mass is 16.5. The summed E-state index contributed by atoms with van der Waals surface area (Å²) in [6.45, 7) is 7.94. The van der Waals surface area contributed by atoms with Gasteiger partial charge in [-0.15, -0.1) is 0 Å². The van der Waals surface area contributed by atoms with Crippen LogP contribution in [0.3, 0.4) is 0 Å². The summed E-state index contributed by atoms with van der Waals surface area (Å²) in [6.07, 6.45) is 7.17. The van der Waals surface area contributed by atoms with Crippen LogP contribution in [0.5, 0.6) is 0 Å². The molecule has 30 heavy (non-hydrogen) atoms. The number of fused-ring (bicyclic) bond motifs is 1. The maximum atomic E-state index is 13.3. The molecule has 0 radical (unpaired) electrons. The van der Waals surface area contributed by atoms with Crippen LogP contribution in [0.25, 0.3) is 0 Å². The summed E-state index contributed by atoms with van der Waals surface area (Å²) in [5, 5.41) is 2.98. The number of hydrogen-bond acceptors (Lipinski definition) is 4. The lowest BCUT2D eigenvalue weighted by atomic mass is 9.68. The van der Waals surface area contributed by atoms with Gasteiger partial charge in [-0.05, 0) is 62.8 Å². The summed E-state index contributed by atoms with van der Waals surface area (Å²) >= 11 is 0. The van der Waals surface area contributed by atoms with Crippen molar-refractivity contribution in [2.45, 2.75) is 51.0 Å². The summed E-state index contributed by atoms with van der Waals surface area (Å²) in [5.41, 5.74) is 1.28. The average molecular weight is 414 g/mol. The van der Waals surface area contributed by atoms with E-state index in [2.05, 4.69) is 22.0 Å². The van der Waals surface area contributed by atoms with Crippen LogP contribution in [-0.4, -0.2) is 73.1 Å². The van der Waals surface area contributed by atoms with Crippen LogP contribution in [0.15, 0.2) is 24.3 Å². The molecule has 0 spiro atoms. The van der Waals surface area contributed by atoms with E-state index in [1.54, 1.807) is 12.1 Å². The summed E-state index contributed by atoms with van der Waals surface area (Å²) < 4.78 is 5.35. The van der Waals surface area contributed by atoms with Gasteiger partial charge in [-0.3, -0.25) is 14.5 Å². The molecule has 164 valence electrons. The van der Waals surface area contributed by atoms with Crippen molar-refractivity contribution < 1.29 is 14.3 Å².